The first kappa shape index (κ1) is 10.4. The summed E-state index contributed by atoms with van der Waals surface area (Å²) in [5.41, 5.74) is 6.38. The maximum Gasteiger partial charge on any atom is 0.0116 e. The van der Waals surface area contributed by atoms with Gasteiger partial charge in [0.15, 0.2) is 0 Å². The van der Waals surface area contributed by atoms with Gasteiger partial charge in [-0.15, -0.1) is 0 Å². The molecule has 3 fully saturated rings. The molecule has 0 amide bonds. The van der Waals surface area contributed by atoms with Gasteiger partial charge in [0, 0.05) is 18.1 Å². The topological polar surface area (TPSA) is 38.0 Å². The average Bonchev–Trinajstić information content (AvgIpc) is 2.62. The minimum atomic E-state index is 0.483. The van der Waals surface area contributed by atoms with Crippen molar-refractivity contribution in [1.82, 2.24) is 5.32 Å². The number of piperidine rings is 1. The second-order valence-electron chi connectivity index (χ2n) is 5.47. The summed E-state index contributed by atoms with van der Waals surface area (Å²) in [6.45, 7) is 0. The third-order valence-electron chi connectivity index (χ3n) is 4.60. The number of hydrogen-bond acceptors (Lipinski definition) is 3. The summed E-state index contributed by atoms with van der Waals surface area (Å²) in [6, 6.07) is 1.99. The highest BCUT2D eigenvalue weighted by atomic mass is 32.2. The summed E-state index contributed by atoms with van der Waals surface area (Å²) in [4.78, 5) is 0. The Morgan fingerprint density at radius 1 is 1.07 bits per heavy atom. The van der Waals surface area contributed by atoms with E-state index >= 15 is 0 Å². The van der Waals surface area contributed by atoms with Crippen LogP contribution in [0.4, 0.5) is 0 Å². The second-order valence-corrected chi connectivity index (χ2v) is 6.70. The molecule has 3 saturated heterocycles. The Kier molecular flexibility index (Phi) is 2.97. The predicted octanol–water partition coefficient (Wildman–Crippen LogP) is 1.60. The third kappa shape index (κ3) is 1.94. The SMILES string of the molecule is NC1CC2CCC(N2)C1C1CCSCC1. The van der Waals surface area contributed by atoms with Crippen LogP contribution >= 0.6 is 11.8 Å². The lowest BCUT2D eigenvalue weighted by atomic mass is 9.75. The van der Waals surface area contributed by atoms with Crippen LogP contribution in [0.3, 0.4) is 0 Å². The Balaban J connectivity index is 1.71. The lowest BCUT2D eigenvalue weighted by molar-refractivity contribution is 0.167. The Morgan fingerprint density at radius 3 is 2.67 bits per heavy atom. The Morgan fingerprint density at radius 2 is 1.87 bits per heavy atom. The minimum absolute atomic E-state index is 0.483. The lowest BCUT2D eigenvalue weighted by Gasteiger charge is -2.41. The van der Waals surface area contributed by atoms with Crippen LogP contribution in [-0.2, 0) is 0 Å². The highest BCUT2D eigenvalue weighted by molar-refractivity contribution is 7.99. The van der Waals surface area contributed by atoms with Gasteiger partial charge in [0.05, 0.1) is 0 Å². The zero-order valence-corrected chi connectivity index (χ0v) is 10.1. The Labute approximate surface area is 96.7 Å². The van der Waals surface area contributed by atoms with E-state index in [1.54, 1.807) is 0 Å². The zero-order valence-electron chi connectivity index (χ0n) is 9.32. The molecule has 3 rings (SSSR count). The molecule has 4 unspecified atom stereocenters. The number of nitrogens with one attached hydrogen (secondary N) is 1. The van der Waals surface area contributed by atoms with Crippen molar-refractivity contribution in [2.75, 3.05) is 11.5 Å². The lowest BCUT2D eigenvalue weighted by Crippen LogP contribution is -2.54. The van der Waals surface area contributed by atoms with E-state index in [-0.39, 0.29) is 0 Å². The van der Waals surface area contributed by atoms with Gasteiger partial charge in [0.25, 0.3) is 0 Å². The molecule has 3 aliphatic heterocycles. The molecule has 0 spiro atoms. The first-order valence-electron chi connectivity index (χ1n) is 6.44. The second kappa shape index (κ2) is 4.27. The van der Waals surface area contributed by atoms with Crippen molar-refractivity contribution in [3.8, 4) is 0 Å². The number of nitrogens with two attached hydrogens (primary N) is 1. The van der Waals surface area contributed by atoms with Gasteiger partial charge in [-0.3, -0.25) is 0 Å². The van der Waals surface area contributed by atoms with Crippen LogP contribution in [0.5, 0.6) is 0 Å². The van der Waals surface area contributed by atoms with E-state index in [4.69, 9.17) is 5.73 Å². The van der Waals surface area contributed by atoms with E-state index in [1.807, 2.05) is 0 Å². The average molecular weight is 226 g/mol. The molecule has 3 heteroatoms. The highest BCUT2D eigenvalue weighted by Crippen LogP contribution is 2.40. The van der Waals surface area contributed by atoms with Crippen molar-refractivity contribution in [3.05, 3.63) is 0 Å². The van der Waals surface area contributed by atoms with Crippen molar-refractivity contribution in [1.29, 1.82) is 0 Å². The molecule has 3 aliphatic rings. The summed E-state index contributed by atoms with van der Waals surface area (Å²) >= 11 is 2.12. The van der Waals surface area contributed by atoms with Crippen LogP contribution in [0.2, 0.25) is 0 Å². The fraction of sp³-hybridized carbons (Fsp3) is 1.00. The molecule has 0 aromatic carbocycles. The number of thioether (sulfide) groups is 1. The summed E-state index contributed by atoms with van der Waals surface area (Å²) in [6.07, 6.45) is 6.80. The molecule has 0 aliphatic carbocycles. The molecule has 0 aromatic rings. The van der Waals surface area contributed by atoms with E-state index in [9.17, 15) is 0 Å². The highest BCUT2D eigenvalue weighted by Gasteiger charge is 2.43. The van der Waals surface area contributed by atoms with Crippen LogP contribution < -0.4 is 11.1 Å². The third-order valence-corrected chi connectivity index (χ3v) is 5.65. The quantitative estimate of drug-likeness (QED) is 0.713. The molecule has 0 aromatic heterocycles. The van der Waals surface area contributed by atoms with Gasteiger partial charge in [-0.05, 0) is 55.4 Å². The van der Waals surface area contributed by atoms with E-state index in [0.29, 0.717) is 6.04 Å². The van der Waals surface area contributed by atoms with E-state index in [2.05, 4.69) is 17.1 Å². The molecular formula is C12H22N2S. The van der Waals surface area contributed by atoms with Crippen LogP contribution in [0.1, 0.15) is 32.1 Å². The van der Waals surface area contributed by atoms with Crippen LogP contribution in [0, 0.1) is 11.8 Å². The predicted molar refractivity (Wildman–Crippen MR) is 66.1 cm³/mol. The van der Waals surface area contributed by atoms with Gasteiger partial charge in [0.1, 0.15) is 0 Å². The van der Waals surface area contributed by atoms with E-state index in [0.717, 1.165) is 23.9 Å². The molecule has 2 nitrogen and oxygen atoms in total. The molecule has 0 saturated carbocycles. The molecule has 86 valence electrons. The first-order valence-corrected chi connectivity index (χ1v) is 7.59. The molecule has 4 atom stereocenters. The monoisotopic (exact) mass is 226 g/mol. The standard InChI is InChI=1S/C12H22N2S/c13-10-7-9-1-2-11(14-9)12(10)8-3-5-15-6-4-8/h8-12,14H,1-7,13H2. The van der Waals surface area contributed by atoms with Crippen molar-refractivity contribution in [2.45, 2.75) is 50.2 Å². The van der Waals surface area contributed by atoms with E-state index in [1.165, 1.54) is 43.6 Å². The van der Waals surface area contributed by atoms with Crippen LogP contribution in [-0.4, -0.2) is 29.6 Å². The molecule has 3 N–H and O–H groups in total. The van der Waals surface area contributed by atoms with Crippen molar-refractivity contribution in [3.63, 3.8) is 0 Å². The molecule has 0 radical (unpaired) electrons. The number of fused-ring (bicyclic) bond motifs is 2. The van der Waals surface area contributed by atoms with Gasteiger partial charge < -0.3 is 11.1 Å². The van der Waals surface area contributed by atoms with Gasteiger partial charge >= 0.3 is 0 Å². The fourth-order valence-electron chi connectivity index (χ4n) is 3.90. The first-order chi connectivity index (χ1) is 7.34. The summed E-state index contributed by atoms with van der Waals surface area (Å²) < 4.78 is 0. The van der Waals surface area contributed by atoms with Crippen molar-refractivity contribution >= 4 is 11.8 Å². The zero-order chi connectivity index (χ0) is 10.3. The smallest absolute Gasteiger partial charge is 0.0116 e. The normalized spacial score (nSPS) is 47.0. The van der Waals surface area contributed by atoms with Crippen molar-refractivity contribution in [2.24, 2.45) is 17.6 Å². The van der Waals surface area contributed by atoms with Crippen molar-refractivity contribution < 1.29 is 0 Å². The van der Waals surface area contributed by atoms with Gasteiger partial charge in [-0.1, -0.05) is 0 Å². The maximum absolute atomic E-state index is 6.38. The Hall–Kier alpha value is 0.270. The molecule has 2 bridgehead atoms. The van der Waals surface area contributed by atoms with Gasteiger partial charge in [0.2, 0.25) is 0 Å². The Bertz CT molecular complexity index is 228. The number of rotatable bonds is 1. The van der Waals surface area contributed by atoms with Crippen LogP contribution in [0.15, 0.2) is 0 Å². The van der Waals surface area contributed by atoms with Gasteiger partial charge in [-0.2, -0.15) is 11.8 Å². The van der Waals surface area contributed by atoms with E-state index < -0.39 is 0 Å². The van der Waals surface area contributed by atoms with Gasteiger partial charge in [-0.25, -0.2) is 0 Å². The fourth-order valence-corrected chi connectivity index (χ4v) is 5.05. The maximum atomic E-state index is 6.38. The number of hydrogen-bond donors (Lipinski definition) is 2. The molecular weight excluding hydrogens is 204 g/mol. The summed E-state index contributed by atoms with van der Waals surface area (Å²) in [5, 5.41) is 3.78. The van der Waals surface area contributed by atoms with Crippen LogP contribution in [0.25, 0.3) is 0 Å². The molecule has 3 heterocycles. The minimum Gasteiger partial charge on any atom is -0.327 e. The molecule has 15 heavy (non-hydrogen) atoms. The summed E-state index contributed by atoms with van der Waals surface area (Å²) in [5.74, 6) is 4.43. The summed E-state index contributed by atoms with van der Waals surface area (Å²) in [7, 11) is 0. The largest absolute Gasteiger partial charge is 0.327 e.